The molecule has 7 nitrogen and oxygen atoms in total. The molecule has 1 aliphatic heterocycles. The number of hydrogen-bond donors (Lipinski definition) is 2. The Bertz CT molecular complexity index is 905. The summed E-state index contributed by atoms with van der Waals surface area (Å²) in [5.41, 5.74) is 1.22. The van der Waals surface area contributed by atoms with Crippen molar-refractivity contribution in [3.63, 3.8) is 0 Å². The fourth-order valence-electron chi connectivity index (χ4n) is 3.48. The van der Waals surface area contributed by atoms with Gasteiger partial charge in [0.2, 0.25) is 5.91 Å². The van der Waals surface area contributed by atoms with Crippen LogP contribution < -0.4 is 4.74 Å². The lowest BCUT2D eigenvalue weighted by atomic mass is 10.1. The van der Waals surface area contributed by atoms with Gasteiger partial charge in [-0.3, -0.25) is 9.69 Å². The van der Waals surface area contributed by atoms with Crippen LogP contribution in [0, 0.1) is 0 Å². The topological polar surface area (TPSA) is 90.3 Å². The second-order valence-corrected chi connectivity index (χ2v) is 7.20. The molecule has 0 radical (unpaired) electrons. The molecule has 0 unspecified atom stereocenters. The van der Waals surface area contributed by atoms with Crippen LogP contribution in [0.3, 0.4) is 0 Å². The molecule has 31 heavy (non-hydrogen) atoms. The highest BCUT2D eigenvalue weighted by atomic mass is 19.4. The molecule has 2 aromatic rings. The highest BCUT2D eigenvalue weighted by Gasteiger charge is 2.39. The van der Waals surface area contributed by atoms with E-state index < -0.39 is 30.4 Å². The van der Waals surface area contributed by atoms with Crippen molar-refractivity contribution in [3.05, 3.63) is 65.7 Å². The zero-order chi connectivity index (χ0) is 22.6. The largest absolute Gasteiger partial charge is 0.573 e. The SMILES string of the molecule is O=C(Cc1ccc(OC(F)(F)F)cc1)N1C[C@@H](N(Cc2ccccc2)C(=O)O)[C@@H](O)C1. The first-order valence-electron chi connectivity index (χ1n) is 9.46. The molecule has 1 saturated heterocycles. The number of amides is 2. The number of hydrogen-bond acceptors (Lipinski definition) is 4. The maximum atomic E-state index is 12.6. The van der Waals surface area contributed by atoms with Gasteiger partial charge in [-0.25, -0.2) is 4.79 Å². The van der Waals surface area contributed by atoms with Crippen molar-refractivity contribution in [2.45, 2.75) is 31.5 Å². The van der Waals surface area contributed by atoms with Gasteiger partial charge >= 0.3 is 12.5 Å². The number of likely N-dealkylation sites (tertiary alicyclic amines) is 1. The average molecular weight is 438 g/mol. The van der Waals surface area contributed by atoms with Crippen molar-refractivity contribution in [2.24, 2.45) is 0 Å². The molecular formula is C21H21F3N2O5. The Morgan fingerprint density at radius 2 is 1.68 bits per heavy atom. The van der Waals surface area contributed by atoms with E-state index in [9.17, 15) is 33.0 Å². The zero-order valence-electron chi connectivity index (χ0n) is 16.3. The van der Waals surface area contributed by atoms with E-state index in [-0.39, 0.29) is 32.0 Å². The molecule has 1 fully saturated rings. The van der Waals surface area contributed by atoms with Crippen molar-refractivity contribution in [1.29, 1.82) is 0 Å². The number of benzene rings is 2. The molecular weight excluding hydrogens is 417 g/mol. The van der Waals surface area contributed by atoms with Crippen molar-refractivity contribution in [2.75, 3.05) is 13.1 Å². The number of ether oxygens (including phenoxy) is 1. The van der Waals surface area contributed by atoms with Gasteiger partial charge in [-0.05, 0) is 23.3 Å². The number of aliphatic hydroxyl groups is 1. The summed E-state index contributed by atoms with van der Waals surface area (Å²) in [6.45, 7) is 0.0618. The average Bonchev–Trinajstić information content (AvgIpc) is 3.08. The number of nitrogens with zero attached hydrogens (tertiary/aromatic N) is 2. The number of carbonyl (C=O) groups excluding carboxylic acids is 1. The zero-order valence-corrected chi connectivity index (χ0v) is 16.3. The van der Waals surface area contributed by atoms with E-state index in [1.807, 2.05) is 0 Å². The third kappa shape index (κ3) is 6.11. The Hall–Kier alpha value is -3.27. The Morgan fingerprint density at radius 1 is 1.03 bits per heavy atom. The number of carbonyl (C=O) groups is 2. The van der Waals surface area contributed by atoms with Crippen LogP contribution in [0.4, 0.5) is 18.0 Å². The summed E-state index contributed by atoms with van der Waals surface area (Å²) in [4.78, 5) is 26.8. The van der Waals surface area contributed by atoms with E-state index in [2.05, 4.69) is 4.74 Å². The molecule has 0 aromatic heterocycles. The van der Waals surface area contributed by atoms with E-state index >= 15 is 0 Å². The summed E-state index contributed by atoms with van der Waals surface area (Å²) in [7, 11) is 0. The lowest BCUT2D eigenvalue weighted by molar-refractivity contribution is -0.274. The molecule has 2 N–H and O–H groups in total. The van der Waals surface area contributed by atoms with Crippen LogP contribution in [-0.2, 0) is 17.8 Å². The normalized spacial score (nSPS) is 18.6. The quantitative estimate of drug-likeness (QED) is 0.724. The molecule has 0 spiro atoms. The van der Waals surface area contributed by atoms with E-state index in [1.54, 1.807) is 30.3 Å². The highest BCUT2D eigenvalue weighted by Crippen LogP contribution is 2.24. The van der Waals surface area contributed by atoms with Gasteiger partial charge in [0.15, 0.2) is 0 Å². The first kappa shape index (κ1) is 22.4. The van der Waals surface area contributed by atoms with Crippen LogP contribution in [0.15, 0.2) is 54.6 Å². The second kappa shape index (κ2) is 9.25. The standard InChI is InChI=1S/C21H21F3N2O5/c22-21(23,24)31-16-8-6-14(7-9-16)10-19(28)25-12-17(18(27)13-25)26(20(29)30)11-15-4-2-1-3-5-15/h1-9,17-18,27H,10-13H2,(H,29,30)/t17-,18+/m1/s1. The maximum absolute atomic E-state index is 12.6. The van der Waals surface area contributed by atoms with Crippen molar-refractivity contribution in [1.82, 2.24) is 9.80 Å². The Labute approximate surface area is 176 Å². The molecule has 0 aliphatic carbocycles. The molecule has 3 rings (SSSR count). The summed E-state index contributed by atoms with van der Waals surface area (Å²) < 4.78 is 40.5. The van der Waals surface area contributed by atoms with E-state index in [0.29, 0.717) is 5.56 Å². The summed E-state index contributed by atoms with van der Waals surface area (Å²) in [6.07, 6.45) is -7.15. The third-order valence-electron chi connectivity index (χ3n) is 4.97. The molecule has 1 aliphatic rings. The van der Waals surface area contributed by atoms with Gasteiger partial charge in [0.25, 0.3) is 0 Å². The van der Waals surface area contributed by atoms with Gasteiger partial charge in [0, 0.05) is 19.6 Å². The van der Waals surface area contributed by atoms with Crippen LogP contribution in [0.5, 0.6) is 5.75 Å². The Kier molecular flexibility index (Phi) is 6.69. The number of carboxylic acid groups (broad SMARTS) is 1. The number of β-amino-alcohol motifs (C(OH)–C–C–N with tert-alkyl or cyclic N) is 1. The lowest BCUT2D eigenvalue weighted by Gasteiger charge is -2.28. The molecule has 2 aromatic carbocycles. The van der Waals surface area contributed by atoms with Gasteiger partial charge in [0.1, 0.15) is 5.75 Å². The predicted octanol–water partition coefficient (Wildman–Crippen LogP) is 2.88. The molecule has 166 valence electrons. The number of rotatable bonds is 6. The number of halogens is 3. The molecule has 1 heterocycles. The van der Waals surface area contributed by atoms with E-state index in [0.717, 1.165) is 22.6 Å². The van der Waals surface area contributed by atoms with Crippen LogP contribution in [-0.4, -0.2) is 63.6 Å². The fraction of sp³-hybridized carbons (Fsp3) is 0.333. The maximum Gasteiger partial charge on any atom is 0.573 e. The monoisotopic (exact) mass is 438 g/mol. The van der Waals surface area contributed by atoms with Gasteiger partial charge in [-0.1, -0.05) is 42.5 Å². The Balaban J connectivity index is 1.62. The number of alkyl halides is 3. The van der Waals surface area contributed by atoms with Crippen molar-refractivity contribution in [3.8, 4) is 5.75 Å². The minimum absolute atomic E-state index is 0.0222. The molecule has 0 saturated carbocycles. The first-order valence-corrected chi connectivity index (χ1v) is 9.46. The summed E-state index contributed by atoms with van der Waals surface area (Å²) in [5, 5.41) is 20.0. The third-order valence-corrected chi connectivity index (χ3v) is 4.97. The molecule has 2 atom stereocenters. The summed E-state index contributed by atoms with van der Waals surface area (Å²) in [5.74, 6) is -0.755. The van der Waals surface area contributed by atoms with Crippen molar-refractivity contribution < 1.29 is 37.7 Å². The molecule has 10 heteroatoms. The molecule has 0 bridgehead atoms. The minimum Gasteiger partial charge on any atom is -0.465 e. The van der Waals surface area contributed by atoms with E-state index in [4.69, 9.17) is 0 Å². The second-order valence-electron chi connectivity index (χ2n) is 7.20. The van der Waals surface area contributed by atoms with Gasteiger partial charge in [0.05, 0.1) is 18.6 Å². The lowest BCUT2D eigenvalue weighted by Crippen LogP contribution is -2.46. The highest BCUT2D eigenvalue weighted by molar-refractivity contribution is 5.79. The number of aliphatic hydroxyl groups excluding tert-OH is 1. The van der Waals surface area contributed by atoms with Crippen LogP contribution in [0.25, 0.3) is 0 Å². The van der Waals surface area contributed by atoms with Gasteiger partial charge in [-0.2, -0.15) is 0 Å². The van der Waals surface area contributed by atoms with Gasteiger partial charge in [-0.15, -0.1) is 13.2 Å². The first-order chi connectivity index (χ1) is 14.6. The smallest absolute Gasteiger partial charge is 0.465 e. The van der Waals surface area contributed by atoms with Crippen LogP contribution >= 0.6 is 0 Å². The van der Waals surface area contributed by atoms with E-state index in [1.165, 1.54) is 17.0 Å². The summed E-state index contributed by atoms with van der Waals surface area (Å²) in [6, 6.07) is 13.0. The minimum atomic E-state index is -4.80. The Morgan fingerprint density at radius 3 is 2.26 bits per heavy atom. The summed E-state index contributed by atoms with van der Waals surface area (Å²) >= 11 is 0. The van der Waals surface area contributed by atoms with Crippen LogP contribution in [0.1, 0.15) is 11.1 Å². The van der Waals surface area contributed by atoms with Crippen molar-refractivity contribution >= 4 is 12.0 Å². The van der Waals surface area contributed by atoms with Crippen LogP contribution in [0.2, 0.25) is 0 Å². The fourth-order valence-corrected chi connectivity index (χ4v) is 3.48. The predicted molar refractivity (Wildman–Crippen MR) is 103 cm³/mol. The molecule has 2 amide bonds. The van der Waals surface area contributed by atoms with Gasteiger partial charge < -0.3 is 19.8 Å².